The van der Waals surface area contributed by atoms with Crippen LogP contribution in [0.3, 0.4) is 0 Å². The number of oxime groups is 1. The Morgan fingerprint density at radius 2 is 1.77 bits per heavy atom. The second-order valence-corrected chi connectivity index (χ2v) is 5.26. The van der Waals surface area contributed by atoms with E-state index in [1.807, 2.05) is 36.4 Å². The fourth-order valence-corrected chi connectivity index (χ4v) is 2.40. The zero-order valence-electron chi connectivity index (χ0n) is 12.5. The molecule has 0 aliphatic carbocycles. The molecule has 0 saturated carbocycles. The van der Waals surface area contributed by atoms with E-state index in [2.05, 4.69) is 46.9 Å². The molecule has 1 aliphatic heterocycles. The van der Waals surface area contributed by atoms with Crippen LogP contribution in [0.25, 0.3) is 0 Å². The number of nitrogens with zero attached hydrogens (tertiary/aromatic N) is 1. The van der Waals surface area contributed by atoms with Crippen LogP contribution in [0.1, 0.15) is 18.4 Å². The van der Waals surface area contributed by atoms with Crippen LogP contribution in [0, 0.1) is 0 Å². The van der Waals surface area contributed by atoms with Gasteiger partial charge >= 0.3 is 0 Å². The number of hydrogen-bond donors (Lipinski definition) is 1. The molecular formula is C19H20N2O. The molecule has 3 heteroatoms. The van der Waals surface area contributed by atoms with E-state index >= 15 is 0 Å². The highest BCUT2D eigenvalue weighted by atomic mass is 16.6. The first-order chi connectivity index (χ1) is 10.9. The summed E-state index contributed by atoms with van der Waals surface area (Å²) >= 11 is 0. The van der Waals surface area contributed by atoms with Crippen molar-refractivity contribution in [3.8, 4) is 0 Å². The minimum Gasteiger partial charge on any atom is -0.388 e. The van der Waals surface area contributed by atoms with E-state index in [9.17, 15) is 0 Å². The van der Waals surface area contributed by atoms with Crippen LogP contribution in [-0.4, -0.2) is 18.4 Å². The molecule has 0 amide bonds. The monoisotopic (exact) mass is 292 g/mol. The lowest BCUT2D eigenvalue weighted by atomic mass is 10.0. The summed E-state index contributed by atoms with van der Waals surface area (Å²) in [6.07, 6.45) is 6.13. The summed E-state index contributed by atoms with van der Waals surface area (Å²) < 4.78 is 0. The summed E-state index contributed by atoms with van der Waals surface area (Å²) in [5.41, 5.74) is 3.32. The lowest BCUT2D eigenvalue weighted by molar-refractivity contribution is 0.119. The van der Waals surface area contributed by atoms with Gasteiger partial charge in [-0.15, -0.1) is 0 Å². The number of anilines is 1. The van der Waals surface area contributed by atoms with E-state index in [1.165, 1.54) is 0 Å². The van der Waals surface area contributed by atoms with Gasteiger partial charge in [-0.25, -0.2) is 0 Å². The third kappa shape index (κ3) is 3.98. The second-order valence-electron chi connectivity index (χ2n) is 5.26. The van der Waals surface area contributed by atoms with E-state index in [4.69, 9.17) is 4.84 Å². The Hall–Kier alpha value is -2.55. The fraction of sp³-hybridized carbons (Fsp3) is 0.211. The quantitative estimate of drug-likeness (QED) is 0.638. The summed E-state index contributed by atoms with van der Waals surface area (Å²) in [6.45, 7) is 0.916. The zero-order chi connectivity index (χ0) is 15.0. The van der Waals surface area contributed by atoms with Gasteiger partial charge in [0.2, 0.25) is 0 Å². The van der Waals surface area contributed by atoms with Crippen LogP contribution >= 0.6 is 0 Å². The highest BCUT2D eigenvalue weighted by Crippen LogP contribution is 2.17. The van der Waals surface area contributed by atoms with E-state index in [0.29, 0.717) is 0 Å². The average molecular weight is 292 g/mol. The van der Waals surface area contributed by atoms with Crippen molar-refractivity contribution in [3.05, 3.63) is 78.4 Å². The standard InChI is InChI=1S/C19H20N2O/c1-3-9-16(10-4-1)19-15-18(22-21-19)13-7-8-14-20-17-11-5-2-6-12-17/h1-7,9-13,18,20H,8,14-15H2/b13-7+. The second kappa shape index (κ2) is 7.46. The summed E-state index contributed by atoms with van der Waals surface area (Å²) in [7, 11) is 0. The molecule has 0 bridgehead atoms. The van der Waals surface area contributed by atoms with Gasteiger partial charge < -0.3 is 10.2 Å². The normalized spacial score (nSPS) is 17.3. The summed E-state index contributed by atoms with van der Waals surface area (Å²) in [6, 6.07) is 20.4. The van der Waals surface area contributed by atoms with Gasteiger partial charge in [-0.05, 0) is 30.2 Å². The van der Waals surface area contributed by atoms with Crippen molar-refractivity contribution in [2.45, 2.75) is 18.9 Å². The smallest absolute Gasteiger partial charge is 0.151 e. The van der Waals surface area contributed by atoms with Crippen molar-refractivity contribution >= 4 is 11.4 Å². The van der Waals surface area contributed by atoms with Crippen LogP contribution in [0.15, 0.2) is 78.0 Å². The SMILES string of the molecule is C(=C\C1CC(c2ccccc2)=NO1)/CCNc1ccccc1. The molecule has 3 rings (SSSR count). The Morgan fingerprint density at radius 3 is 2.55 bits per heavy atom. The van der Waals surface area contributed by atoms with Crippen molar-refractivity contribution in [2.75, 3.05) is 11.9 Å². The summed E-state index contributed by atoms with van der Waals surface area (Å²) in [5, 5.41) is 7.57. The van der Waals surface area contributed by atoms with Gasteiger partial charge in [0.05, 0.1) is 5.71 Å². The minimum absolute atomic E-state index is 0.0620. The Morgan fingerprint density at radius 1 is 1.05 bits per heavy atom. The third-order valence-corrected chi connectivity index (χ3v) is 3.56. The predicted octanol–water partition coefficient (Wildman–Crippen LogP) is 4.24. The molecule has 22 heavy (non-hydrogen) atoms. The minimum atomic E-state index is 0.0620. The lowest BCUT2D eigenvalue weighted by Gasteiger charge is -2.04. The molecule has 1 heterocycles. The number of rotatable bonds is 6. The van der Waals surface area contributed by atoms with Crippen molar-refractivity contribution in [1.29, 1.82) is 0 Å². The van der Waals surface area contributed by atoms with E-state index in [1.54, 1.807) is 0 Å². The number of benzene rings is 2. The first-order valence-electron chi connectivity index (χ1n) is 7.65. The maximum Gasteiger partial charge on any atom is 0.151 e. The van der Waals surface area contributed by atoms with Crippen LogP contribution in [0.5, 0.6) is 0 Å². The summed E-state index contributed by atoms with van der Waals surface area (Å²) in [5.74, 6) is 0. The Balaban J connectivity index is 1.40. The highest BCUT2D eigenvalue weighted by Gasteiger charge is 2.19. The lowest BCUT2D eigenvalue weighted by Crippen LogP contribution is -2.05. The molecular weight excluding hydrogens is 272 g/mol. The largest absolute Gasteiger partial charge is 0.388 e. The first-order valence-corrected chi connectivity index (χ1v) is 7.65. The molecule has 2 aromatic carbocycles. The van der Waals surface area contributed by atoms with Crippen LogP contribution < -0.4 is 5.32 Å². The molecule has 1 aliphatic rings. The fourth-order valence-electron chi connectivity index (χ4n) is 2.40. The van der Waals surface area contributed by atoms with Gasteiger partial charge in [0, 0.05) is 18.7 Å². The molecule has 112 valence electrons. The summed E-state index contributed by atoms with van der Waals surface area (Å²) in [4.78, 5) is 5.47. The molecule has 1 unspecified atom stereocenters. The highest BCUT2D eigenvalue weighted by molar-refractivity contribution is 6.01. The zero-order valence-corrected chi connectivity index (χ0v) is 12.5. The Kier molecular flexibility index (Phi) is 4.88. The third-order valence-electron chi connectivity index (χ3n) is 3.56. The molecule has 0 saturated heterocycles. The molecule has 0 spiro atoms. The van der Waals surface area contributed by atoms with Crippen molar-refractivity contribution in [1.82, 2.24) is 0 Å². The van der Waals surface area contributed by atoms with Gasteiger partial charge in [0.15, 0.2) is 6.10 Å². The van der Waals surface area contributed by atoms with Crippen molar-refractivity contribution < 1.29 is 4.84 Å². The van der Waals surface area contributed by atoms with E-state index < -0.39 is 0 Å². The van der Waals surface area contributed by atoms with E-state index in [-0.39, 0.29) is 6.10 Å². The topological polar surface area (TPSA) is 33.6 Å². The molecule has 0 fully saturated rings. The molecule has 1 atom stereocenters. The first kappa shape index (κ1) is 14.4. The molecule has 1 N–H and O–H groups in total. The Labute approximate surface area is 131 Å². The molecule has 0 aromatic heterocycles. The number of nitrogens with one attached hydrogen (secondary N) is 1. The molecule has 3 nitrogen and oxygen atoms in total. The number of hydrogen-bond acceptors (Lipinski definition) is 3. The van der Waals surface area contributed by atoms with Crippen LogP contribution in [0.4, 0.5) is 5.69 Å². The molecule has 0 radical (unpaired) electrons. The van der Waals surface area contributed by atoms with Gasteiger partial charge in [-0.1, -0.05) is 59.8 Å². The average Bonchev–Trinajstić information content (AvgIpc) is 3.05. The van der Waals surface area contributed by atoms with E-state index in [0.717, 1.165) is 36.3 Å². The van der Waals surface area contributed by atoms with Gasteiger partial charge in [-0.3, -0.25) is 0 Å². The van der Waals surface area contributed by atoms with Crippen molar-refractivity contribution in [3.63, 3.8) is 0 Å². The van der Waals surface area contributed by atoms with Gasteiger partial charge in [0.25, 0.3) is 0 Å². The predicted molar refractivity (Wildman–Crippen MR) is 91.2 cm³/mol. The van der Waals surface area contributed by atoms with Gasteiger partial charge in [0.1, 0.15) is 0 Å². The molecule has 2 aromatic rings. The van der Waals surface area contributed by atoms with Crippen LogP contribution in [0.2, 0.25) is 0 Å². The maximum absolute atomic E-state index is 5.47. The van der Waals surface area contributed by atoms with Crippen LogP contribution in [-0.2, 0) is 4.84 Å². The van der Waals surface area contributed by atoms with Gasteiger partial charge in [-0.2, -0.15) is 0 Å². The number of para-hydroxylation sites is 1. The maximum atomic E-state index is 5.47. The van der Waals surface area contributed by atoms with Crippen molar-refractivity contribution in [2.24, 2.45) is 5.16 Å². The Bertz CT molecular complexity index is 635.